The number of nitrogens with zero attached hydrogens (tertiary/aromatic N) is 2. The SMILES string of the molecule is Cc1ccc2oc3c(N)n(C)nc3c2c1. The van der Waals surface area contributed by atoms with E-state index in [-0.39, 0.29) is 0 Å². The van der Waals surface area contributed by atoms with E-state index in [9.17, 15) is 0 Å². The zero-order valence-corrected chi connectivity index (χ0v) is 8.61. The van der Waals surface area contributed by atoms with Gasteiger partial charge in [0.1, 0.15) is 11.1 Å². The van der Waals surface area contributed by atoms with E-state index in [2.05, 4.69) is 11.2 Å². The molecule has 1 aromatic carbocycles. The number of hydrogen-bond donors (Lipinski definition) is 1. The molecule has 0 aliphatic heterocycles. The topological polar surface area (TPSA) is 57.0 Å². The molecular weight excluding hydrogens is 190 g/mol. The van der Waals surface area contributed by atoms with Gasteiger partial charge in [-0.15, -0.1) is 0 Å². The minimum Gasteiger partial charge on any atom is -0.450 e. The largest absolute Gasteiger partial charge is 0.450 e. The van der Waals surface area contributed by atoms with Crippen molar-refractivity contribution in [2.24, 2.45) is 7.05 Å². The van der Waals surface area contributed by atoms with Crippen LogP contribution in [0.3, 0.4) is 0 Å². The number of benzene rings is 1. The third-order valence-corrected chi connectivity index (χ3v) is 2.65. The zero-order chi connectivity index (χ0) is 10.6. The molecule has 0 amide bonds. The maximum Gasteiger partial charge on any atom is 0.197 e. The van der Waals surface area contributed by atoms with Crippen molar-refractivity contribution in [3.63, 3.8) is 0 Å². The van der Waals surface area contributed by atoms with Gasteiger partial charge in [0.05, 0.1) is 0 Å². The first-order valence-electron chi connectivity index (χ1n) is 4.78. The summed E-state index contributed by atoms with van der Waals surface area (Å²) in [5, 5.41) is 5.37. The van der Waals surface area contributed by atoms with Crippen LogP contribution in [0.1, 0.15) is 5.56 Å². The van der Waals surface area contributed by atoms with E-state index in [1.54, 1.807) is 4.68 Å². The summed E-state index contributed by atoms with van der Waals surface area (Å²) in [6.07, 6.45) is 0. The Bertz CT molecular complexity index is 663. The molecule has 0 unspecified atom stereocenters. The molecule has 2 N–H and O–H groups in total. The first kappa shape index (κ1) is 8.35. The van der Waals surface area contributed by atoms with Gasteiger partial charge in [-0.2, -0.15) is 5.10 Å². The summed E-state index contributed by atoms with van der Waals surface area (Å²) in [6.45, 7) is 2.05. The average Bonchev–Trinajstić information content (AvgIpc) is 2.67. The Balaban J connectivity index is 2.56. The molecule has 0 spiro atoms. The van der Waals surface area contributed by atoms with Crippen molar-refractivity contribution in [2.45, 2.75) is 6.92 Å². The molecule has 0 atom stereocenters. The van der Waals surface area contributed by atoms with E-state index in [4.69, 9.17) is 10.2 Å². The molecule has 4 nitrogen and oxygen atoms in total. The molecule has 0 fully saturated rings. The van der Waals surface area contributed by atoms with Gasteiger partial charge in [0.15, 0.2) is 11.4 Å². The lowest BCUT2D eigenvalue weighted by molar-refractivity contribution is 0.667. The molecular formula is C11H11N3O. The van der Waals surface area contributed by atoms with E-state index >= 15 is 0 Å². The maximum absolute atomic E-state index is 5.85. The summed E-state index contributed by atoms with van der Waals surface area (Å²) in [7, 11) is 1.81. The number of furan rings is 1. The van der Waals surface area contributed by atoms with Gasteiger partial charge < -0.3 is 10.2 Å². The third kappa shape index (κ3) is 0.986. The van der Waals surface area contributed by atoms with Crippen LogP contribution in [0.4, 0.5) is 5.82 Å². The molecule has 0 saturated carbocycles. The minimum atomic E-state index is 0.568. The number of anilines is 1. The van der Waals surface area contributed by atoms with Gasteiger partial charge in [-0.3, -0.25) is 0 Å². The molecule has 76 valence electrons. The second-order valence-corrected chi connectivity index (χ2v) is 3.79. The number of nitrogens with two attached hydrogens (primary N) is 1. The van der Waals surface area contributed by atoms with E-state index in [0.29, 0.717) is 11.4 Å². The molecule has 3 aromatic rings. The van der Waals surface area contributed by atoms with Crippen LogP contribution in [-0.4, -0.2) is 9.78 Å². The molecule has 0 saturated heterocycles. The summed E-state index contributed by atoms with van der Waals surface area (Å²) in [5.74, 6) is 0.568. The number of aromatic nitrogens is 2. The zero-order valence-electron chi connectivity index (χ0n) is 8.61. The van der Waals surface area contributed by atoms with Crippen LogP contribution in [0, 0.1) is 6.92 Å². The highest BCUT2D eigenvalue weighted by Crippen LogP contribution is 2.31. The maximum atomic E-state index is 5.85. The van der Waals surface area contributed by atoms with Crippen LogP contribution in [0.2, 0.25) is 0 Å². The minimum absolute atomic E-state index is 0.568. The predicted molar refractivity (Wildman–Crippen MR) is 59.6 cm³/mol. The van der Waals surface area contributed by atoms with Gasteiger partial charge in [0.25, 0.3) is 0 Å². The molecule has 3 rings (SSSR count). The molecule has 0 radical (unpaired) electrons. The highest BCUT2D eigenvalue weighted by Gasteiger charge is 2.14. The van der Waals surface area contributed by atoms with Gasteiger partial charge in [-0.05, 0) is 19.1 Å². The Kier molecular flexibility index (Phi) is 1.41. The highest BCUT2D eigenvalue weighted by molar-refractivity contribution is 6.05. The van der Waals surface area contributed by atoms with Crippen LogP contribution in [0.5, 0.6) is 0 Å². The van der Waals surface area contributed by atoms with Crippen LogP contribution in [0.15, 0.2) is 22.6 Å². The standard InChI is InChI=1S/C11H11N3O/c1-6-3-4-8-7(5-6)9-10(15-8)11(12)14(2)13-9/h3-5H,12H2,1-2H3. The monoisotopic (exact) mass is 201 g/mol. The Labute approximate surface area is 86.3 Å². The number of aryl methyl sites for hydroxylation is 2. The van der Waals surface area contributed by atoms with Crippen molar-refractivity contribution in [3.8, 4) is 0 Å². The fourth-order valence-corrected chi connectivity index (χ4v) is 1.82. The van der Waals surface area contributed by atoms with Gasteiger partial charge in [-0.1, -0.05) is 11.6 Å². The van der Waals surface area contributed by atoms with Crippen molar-refractivity contribution >= 4 is 27.9 Å². The molecule has 0 bridgehead atoms. The van der Waals surface area contributed by atoms with Crippen LogP contribution in [-0.2, 0) is 7.05 Å². The van der Waals surface area contributed by atoms with Crippen LogP contribution in [0.25, 0.3) is 22.1 Å². The predicted octanol–water partition coefficient (Wildman–Crippen LogP) is 2.21. The lowest BCUT2D eigenvalue weighted by atomic mass is 10.2. The van der Waals surface area contributed by atoms with Gasteiger partial charge in [-0.25, -0.2) is 4.68 Å². The first-order chi connectivity index (χ1) is 7.16. The summed E-state index contributed by atoms with van der Waals surface area (Å²) >= 11 is 0. The Morgan fingerprint density at radius 1 is 1.40 bits per heavy atom. The molecule has 15 heavy (non-hydrogen) atoms. The molecule has 2 heterocycles. The van der Waals surface area contributed by atoms with Crippen LogP contribution >= 0.6 is 0 Å². The summed E-state index contributed by atoms with van der Waals surface area (Å²) < 4.78 is 7.29. The number of hydrogen-bond acceptors (Lipinski definition) is 3. The van der Waals surface area contributed by atoms with E-state index in [1.807, 2.05) is 26.1 Å². The van der Waals surface area contributed by atoms with E-state index in [0.717, 1.165) is 16.5 Å². The van der Waals surface area contributed by atoms with Gasteiger partial charge in [0.2, 0.25) is 0 Å². The second-order valence-electron chi connectivity index (χ2n) is 3.79. The quantitative estimate of drug-likeness (QED) is 0.606. The molecule has 2 aromatic heterocycles. The number of rotatable bonds is 0. The van der Waals surface area contributed by atoms with Crippen molar-refractivity contribution in [3.05, 3.63) is 23.8 Å². The summed E-state index contributed by atoms with van der Waals surface area (Å²) in [6, 6.07) is 6.03. The van der Waals surface area contributed by atoms with Crippen LogP contribution < -0.4 is 5.73 Å². The Morgan fingerprint density at radius 2 is 2.20 bits per heavy atom. The first-order valence-corrected chi connectivity index (χ1v) is 4.78. The molecule has 0 aliphatic rings. The highest BCUT2D eigenvalue weighted by atomic mass is 16.3. The summed E-state index contributed by atoms with van der Waals surface area (Å²) in [4.78, 5) is 0. The van der Waals surface area contributed by atoms with Crippen molar-refractivity contribution in [2.75, 3.05) is 5.73 Å². The van der Waals surface area contributed by atoms with E-state index < -0.39 is 0 Å². The summed E-state index contributed by atoms with van der Waals surface area (Å²) in [5.41, 5.74) is 9.39. The van der Waals surface area contributed by atoms with Crippen molar-refractivity contribution in [1.82, 2.24) is 9.78 Å². The number of fused-ring (bicyclic) bond motifs is 3. The Morgan fingerprint density at radius 3 is 3.00 bits per heavy atom. The third-order valence-electron chi connectivity index (χ3n) is 2.65. The van der Waals surface area contributed by atoms with Crippen molar-refractivity contribution < 1.29 is 4.42 Å². The Hall–Kier alpha value is -1.97. The fourth-order valence-electron chi connectivity index (χ4n) is 1.82. The number of nitrogen functional groups attached to an aromatic ring is 1. The fraction of sp³-hybridized carbons (Fsp3) is 0.182. The lowest BCUT2D eigenvalue weighted by Gasteiger charge is -1.93. The lowest BCUT2D eigenvalue weighted by Crippen LogP contribution is -1.96. The average molecular weight is 201 g/mol. The molecule has 4 heteroatoms. The van der Waals surface area contributed by atoms with Crippen molar-refractivity contribution in [1.29, 1.82) is 0 Å². The molecule has 0 aliphatic carbocycles. The van der Waals surface area contributed by atoms with Gasteiger partial charge in [0, 0.05) is 12.4 Å². The van der Waals surface area contributed by atoms with Gasteiger partial charge >= 0.3 is 0 Å². The second kappa shape index (κ2) is 2.53. The van der Waals surface area contributed by atoms with E-state index in [1.165, 1.54) is 5.56 Å². The normalized spacial score (nSPS) is 11.6. The smallest absolute Gasteiger partial charge is 0.197 e.